The van der Waals surface area contributed by atoms with Crippen molar-refractivity contribution in [3.05, 3.63) is 71.8 Å². The van der Waals surface area contributed by atoms with Crippen molar-refractivity contribution in [1.82, 2.24) is 5.32 Å². The van der Waals surface area contributed by atoms with Crippen molar-refractivity contribution < 1.29 is 32.2 Å². The number of methoxy groups -OCH3 is 4. The average molecular weight is 529 g/mol. The van der Waals surface area contributed by atoms with E-state index in [4.69, 9.17) is 18.9 Å². The van der Waals surface area contributed by atoms with Gasteiger partial charge in [0.05, 0.1) is 40.2 Å². The van der Waals surface area contributed by atoms with E-state index in [1.54, 1.807) is 75.6 Å². The molecule has 37 heavy (non-hydrogen) atoms. The number of hydrogen-bond donors (Lipinski definition) is 1. The van der Waals surface area contributed by atoms with E-state index in [9.17, 15) is 13.2 Å². The molecule has 1 N–H and O–H groups in total. The van der Waals surface area contributed by atoms with Gasteiger partial charge in [0.25, 0.3) is 10.0 Å². The molecule has 1 unspecified atom stereocenters. The summed E-state index contributed by atoms with van der Waals surface area (Å²) in [5.41, 5.74) is 1.77. The largest absolute Gasteiger partial charge is 0.497 e. The van der Waals surface area contributed by atoms with E-state index in [0.29, 0.717) is 17.2 Å². The van der Waals surface area contributed by atoms with Crippen LogP contribution in [-0.2, 0) is 14.8 Å². The lowest BCUT2D eigenvalue weighted by molar-refractivity contribution is -0.120. The van der Waals surface area contributed by atoms with Gasteiger partial charge in [0.2, 0.25) is 5.91 Å². The van der Waals surface area contributed by atoms with Crippen molar-refractivity contribution in [2.75, 3.05) is 39.3 Å². The van der Waals surface area contributed by atoms with Crippen LogP contribution >= 0.6 is 0 Å². The third kappa shape index (κ3) is 6.26. The Kier molecular flexibility index (Phi) is 8.88. The van der Waals surface area contributed by atoms with Crippen LogP contribution in [0.1, 0.15) is 24.1 Å². The molecule has 3 aromatic carbocycles. The molecule has 10 heteroatoms. The predicted molar refractivity (Wildman–Crippen MR) is 141 cm³/mol. The predicted octanol–water partition coefficient (Wildman–Crippen LogP) is 4.10. The SMILES string of the molecule is COc1cccc(N(CC(=O)NC(C)c2ccc(OC)c(OC)c2)S(=O)(=O)c2cc(C)ccc2OC)c1. The molecule has 198 valence electrons. The third-order valence-electron chi connectivity index (χ3n) is 5.80. The fourth-order valence-electron chi connectivity index (χ4n) is 3.81. The number of ether oxygens (including phenoxy) is 4. The zero-order valence-electron chi connectivity index (χ0n) is 21.8. The van der Waals surface area contributed by atoms with Crippen LogP contribution in [0.15, 0.2) is 65.6 Å². The second kappa shape index (κ2) is 11.9. The van der Waals surface area contributed by atoms with Crippen molar-refractivity contribution >= 4 is 21.6 Å². The monoisotopic (exact) mass is 528 g/mol. The summed E-state index contributed by atoms with van der Waals surface area (Å²) in [7, 11) is 1.75. The van der Waals surface area contributed by atoms with Crippen LogP contribution in [0.3, 0.4) is 0 Å². The molecule has 0 aliphatic carbocycles. The molecule has 0 aliphatic rings. The van der Waals surface area contributed by atoms with Crippen molar-refractivity contribution in [2.45, 2.75) is 24.8 Å². The Hall–Kier alpha value is -3.92. The van der Waals surface area contributed by atoms with E-state index < -0.39 is 28.5 Å². The Bertz CT molecular complexity index is 1360. The minimum absolute atomic E-state index is 0.0430. The molecule has 0 aromatic heterocycles. The number of nitrogens with zero attached hydrogens (tertiary/aromatic N) is 1. The molecule has 3 rings (SSSR count). The van der Waals surface area contributed by atoms with Gasteiger partial charge in [0.1, 0.15) is 22.9 Å². The maximum absolute atomic E-state index is 13.9. The highest BCUT2D eigenvalue weighted by Crippen LogP contribution is 2.33. The van der Waals surface area contributed by atoms with Gasteiger partial charge >= 0.3 is 0 Å². The van der Waals surface area contributed by atoms with Gasteiger partial charge in [-0.2, -0.15) is 0 Å². The van der Waals surface area contributed by atoms with Crippen molar-refractivity contribution in [3.8, 4) is 23.0 Å². The fraction of sp³-hybridized carbons (Fsp3) is 0.296. The number of nitrogens with one attached hydrogen (secondary N) is 1. The molecule has 0 spiro atoms. The van der Waals surface area contributed by atoms with Gasteiger partial charge in [-0.25, -0.2) is 8.42 Å². The number of aryl methyl sites for hydroxylation is 1. The maximum Gasteiger partial charge on any atom is 0.268 e. The van der Waals surface area contributed by atoms with E-state index >= 15 is 0 Å². The van der Waals surface area contributed by atoms with E-state index in [1.807, 2.05) is 0 Å². The van der Waals surface area contributed by atoms with E-state index in [1.165, 1.54) is 27.4 Å². The number of anilines is 1. The fourth-order valence-corrected chi connectivity index (χ4v) is 5.46. The molecule has 0 heterocycles. The van der Waals surface area contributed by atoms with E-state index in [0.717, 1.165) is 15.4 Å². The first kappa shape index (κ1) is 27.7. The Morgan fingerprint density at radius 1 is 0.865 bits per heavy atom. The highest BCUT2D eigenvalue weighted by Gasteiger charge is 2.31. The first-order chi connectivity index (χ1) is 17.6. The minimum Gasteiger partial charge on any atom is -0.497 e. The van der Waals surface area contributed by atoms with E-state index in [2.05, 4.69) is 5.32 Å². The van der Waals surface area contributed by atoms with Gasteiger partial charge in [-0.1, -0.05) is 18.2 Å². The van der Waals surface area contributed by atoms with Gasteiger partial charge in [-0.3, -0.25) is 9.10 Å². The number of benzene rings is 3. The molecule has 0 bridgehead atoms. The number of carbonyl (C=O) groups excluding carboxylic acids is 1. The summed E-state index contributed by atoms with van der Waals surface area (Å²) in [6.07, 6.45) is 0. The second-order valence-electron chi connectivity index (χ2n) is 8.27. The maximum atomic E-state index is 13.9. The van der Waals surface area contributed by atoms with Crippen LogP contribution < -0.4 is 28.6 Å². The molecule has 0 saturated carbocycles. The van der Waals surface area contributed by atoms with Gasteiger partial charge in [0, 0.05) is 6.07 Å². The lowest BCUT2D eigenvalue weighted by Gasteiger charge is -2.26. The van der Waals surface area contributed by atoms with Crippen LogP contribution in [0, 0.1) is 6.92 Å². The summed E-state index contributed by atoms with van der Waals surface area (Å²) in [6, 6.07) is 16.3. The third-order valence-corrected chi connectivity index (χ3v) is 7.60. The summed E-state index contributed by atoms with van der Waals surface area (Å²) < 4.78 is 50.1. The van der Waals surface area contributed by atoms with Gasteiger partial charge < -0.3 is 24.3 Å². The second-order valence-corrected chi connectivity index (χ2v) is 10.1. The number of amides is 1. The molecule has 1 amide bonds. The Balaban J connectivity index is 1.96. The van der Waals surface area contributed by atoms with Crippen LogP contribution in [0.2, 0.25) is 0 Å². The van der Waals surface area contributed by atoms with Gasteiger partial charge in [0.15, 0.2) is 11.5 Å². The molecule has 0 fully saturated rings. The van der Waals surface area contributed by atoms with Crippen LogP contribution in [0.4, 0.5) is 5.69 Å². The standard InChI is InChI=1S/C27H32N2O7S/c1-18-10-12-24(35-5)26(14-18)37(31,32)29(21-8-7-9-22(16-21)33-3)17-27(30)28-19(2)20-11-13-23(34-4)25(15-20)36-6/h7-16,19H,17H2,1-6H3,(H,28,30). The van der Waals surface area contributed by atoms with Crippen LogP contribution in [-0.4, -0.2) is 49.3 Å². The highest BCUT2D eigenvalue weighted by atomic mass is 32.2. The number of carbonyl (C=O) groups is 1. The first-order valence-corrected chi connectivity index (χ1v) is 12.9. The number of sulfonamides is 1. The van der Waals surface area contributed by atoms with Crippen LogP contribution in [0.25, 0.3) is 0 Å². The first-order valence-electron chi connectivity index (χ1n) is 11.5. The molecule has 9 nitrogen and oxygen atoms in total. The van der Waals surface area contributed by atoms with Crippen molar-refractivity contribution in [2.24, 2.45) is 0 Å². The number of hydrogen-bond acceptors (Lipinski definition) is 7. The summed E-state index contributed by atoms with van der Waals surface area (Å²) in [5, 5.41) is 2.87. The Morgan fingerprint density at radius 2 is 1.54 bits per heavy atom. The highest BCUT2D eigenvalue weighted by molar-refractivity contribution is 7.93. The molecule has 1 atom stereocenters. The summed E-state index contributed by atoms with van der Waals surface area (Å²) >= 11 is 0. The summed E-state index contributed by atoms with van der Waals surface area (Å²) in [4.78, 5) is 13.2. The summed E-state index contributed by atoms with van der Waals surface area (Å²) in [5.74, 6) is 1.21. The molecule has 3 aromatic rings. The normalized spacial score (nSPS) is 11.8. The van der Waals surface area contributed by atoms with E-state index in [-0.39, 0.29) is 16.3 Å². The van der Waals surface area contributed by atoms with Gasteiger partial charge in [-0.15, -0.1) is 0 Å². The molecular formula is C27H32N2O7S. The molecule has 0 radical (unpaired) electrons. The lowest BCUT2D eigenvalue weighted by Crippen LogP contribution is -2.41. The van der Waals surface area contributed by atoms with Gasteiger partial charge in [-0.05, 0) is 61.4 Å². The number of rotatable bonds is 11. The molecule has 0 saturated heterocycles. The zero-order valence-corrected chi connectivity index (χ0v) is 22.6. The minimum atomic E-state index is -4.20. The van der Waals surface area contributed by atoms with Crippen molar-refractivity contribution in [1.29, 1.82) is 0 Å². The zero-order chi connectivity index (χ0) is 27.2. The average Bonchev–Trinajstić information content (AvgIpc) is 2.91. The van der Waals surface area contributed by atoms with Crippen molar-refractivity contribution in [3.63, 3.8) is 0 Å². The molecule has 0 aliphatic heterocycles. The Labute approximate surface area is 218 Å². The lowest BCUT2D eigenvalue weighted by atomic mass is 10.1. The molecular weight excluding hydrogens is 496 g/mol. The Morgan fingerprint density at radius 3 is 2.19 bits per heavy atom. The quantitative estimate of drug-likeness (QED) is 0.400. The van der Waals surface area contributed by atoms with Crippen LogP contribution in [0.5, 0.6) is 23.0 Å². The topological polar surface area (TPSA) is 103 Å². The smallest absolute Gasteiger partial charge is 0.268 e. The summed E-state index contributed by atoms with van der Waals surface area (Å²) in [6.45, 7) is 3.11.